The third kappa shape index (κ3) is 3.71. The van der Waals surface area contributed by atoms with Crippen LogP contribution < -0.4 is 10.2 Å². The monoisotopic (exact) mass is 365 g/mol. The predicted molar refractivity (Wildman–Crippen MR) is 105 cm³/mol. The second kappa shape index (κ2) is 7.11. The van der Waals surface area contributed by atoms with Gasteiger partial charge in [0.1, 0.15) is 0 Å². The molecule has 1 aliphatic rings. The quantitative estimate of drug-likeness (QED) is 0.773. The normalized spacial score (nSPS) is 15.1. The van der Waals surface area contributed by atoms with Crippen LogP contribution in [0.3, 0.4) is 0 Å². The zero-order valence-electron chi connectivity index (χ0n) is 15.4. The Morgan fingerprint density at radius 2 is 2.00 bits per heavy atom. The molecule has 0 aromatic carbocycles. The topological polar surface area (TPSA) is 52.9 Å². The number of carbonyl (C=O) groups excluding carboxylic acids is 1. The van der Waals surface area contributed by atoms with Crippen LogP contribution in [0.25, 0.3) is 5.41 Å². The number of likely N-dealkylation sites (N-methyl/N-ethyl adjacent to an activating group) is 1. The van der Waals surface area contributed by atoms with Gasteiger partial charge in [0.25, 0.3) is 0 Å². The second-order valence-electron chi connectivity index (χ2n) is 7.04. The fourth-order valence-corrected chi connectivity index (χ4v) is 3.33. The number of nitrogens with zero attached hydrogens (tertiary/aromatic N) is 4. The van der Waals surface area contributed by atoms with E-state index in [1.54, 1.807) is 29.8 Å². The number of aromatic nitrogens is 2. The molecule has 0 radical (unpaired) electrons. The number of rotatable bonds is 3. The van der Waals surface area contributed by atoms with Crippen molar-refractivity contribution in [2.24, 2.45) is 0 Å². The van der Waals surface area contributed by atoms with Gasteiger partial charge in [0.05, 0.1) is 0 Å². The molecule has 8 heteroatoms. The summed E-state index contributed by atoms with van der Waals surface area (Å²) in [4.78, 5) is 21.4. The zero-order chi connectivity index (χ0) is 19.0. The van der Waals surface area contributed by atoms with Gasteiger partial charge < -0.3 is 4.90 Å². The number of amides is 1. The molecule has 1 saturated heterocycles. The molecule has 1 N–H and O–H groups in total. The number of aryl methyl sites for hydroxylation is 1. The molecule has 138 valence electrons. The molecule has 0 unspecified atom stereocenters. The van der Waals surface area contributed by atoms with E-state index in [1.807, 2.05) is 19.2 Å². The summed E-state index contributed by atoms with van der Waals surface area (Å²) in [5.74, 6) is 0.189. The molecule has 4 rings (SSSR count). The predicted octanol–water partition coefficient (Wildman–Crippen LogP) is 2.12. The molecule has 0 spiro atoms. The summed E-state index contributed by atoms with van der Waals surface area (Å²) in [5, 5.41) is 2.75. The van der Waals surface area contributed by atoms with Gasteiger partial charge in [-0.3, -0.25) is 0 Å². The van der Waals surface area contributed by atoms with Crippen molar-refractivity contribution < 1.29 is 9.18 Å². The third-order valence-corrected chi connectivity index (χ3v) is 4.89. The maximum atomic E-state index is 14.2. The Kier molecular flexibility index (Phi) is 4.65. The standard InChI is InChI=1S/C19H21BFN5O/c1-13-11-26-12-15(9-16(21)18(26)20-13)23-19(27)14-3-4-17(22-10-14)25-7-5-24(2)6-8-25/h3-4,9-12H,5-8H2,1-2H3,(H,23,27). The zero-order valence-corrected chi connectivity index (χ0v) is 15.4. The van der Waals surface area contributed by atoms with E-state index in [-0.39, 0.29) is 11.7 Å². The first kappa shape index (κ1) is 17.7. The third-order valence-electron chi connectivity index (χ3n) is 4.89. The van der Waals surface area contributed by atoms with Crippen LogP contribution in [0.4, 0.5) is 15.9 Å². The molecule has 0 aliphatic carbocycles. The summed E-state index contributed by atoms with van der Waals surface area (Å²) in [6.07, 6.45) is 5.09. The van der Waals surface area contributed by atoms with Gasteiger partial charge in [-0.15, -0.1) is 0 Å². The van der Waals surface area contributed by atoms with Crippen LogP contribution in [0.15, 0.2) is 36.8 Å². The summed E-state index contributed by atoms with van der Waals surface area (Å²) in [6, 6.07) is 4.95. The number of pyridine rings is 2. The average Bonchev–Trinajstić information content (AvgIpc) is 3.03. The number of piperazine rings is 1. The molecule has 1 amide bonds. The molecule has 4 heterocycles. The Labute approximate surface area is 157 Å². The van der Waals surface area contributed by atoms with Crippen molar-refractivity contribution in [1.82, 2.24) is 14.3 Å². The summed E-state index contributed by atoms with van der Waals surface area (Å²) in [6.45, 7) is 7.50. The van der Waals surface area contributed by atoms with Gasteiger partial charge in [-0.25, -0.2) is 0 Å². The number of nitrogens with one attached hydrogen (secondary N) is 1. The number of carbonyl (C=O) groups is 1. The van der Waals surface area contributed by atoms with Gasteiger partial charge in [-0.05, 0) is 7.05 Å². The Hall–Kier alpha value is -2.74. The first-order valence-electron chi connectivity index (χ1n) is 8.98. The molecule has 6 nitrogen and oxygen atoms in total. The van der Waals surface area contributed by atoms with Gasteiger partial charge >= 0.3 is 132 Å². The molecule has 3 aromatic heterocycles. The Bertz CT molecular complexity index is 980. The molecule has 1 fully saturated rings. The van der Waals surface area contributed by atoms with E-state index in [2.05, 4.69) is 27.1 Å². The van der Waals surface area contributed by atoms with Crippen molar-refractivity contribution in [3.63, 3.8) is 0 Å². The maximum absolute atomic E-state index is 14.2. The number of anilines is 2. The van der Waals surface area contributed by atoms with E-state index in [1.165, 1.54) is 6.07 Å². The van der Waals surface area contributed by atoms with Crippen molar-refractivity contribution >= 4 is 29.7 Å². The fraction of sp³-hybridized carbons (Fsp3) is 0.316. The number of halogens is 1. The molecule has 3 aromatic rings. The minimum absolute atomic E-state index is 0.310. The molecule has 0 bridgehead atoms. The van der Waals surface area contributed by atoms with Crippen LogP contribution in [0.5, 0.6) is 0 Å². The van der Waals surface area contributed by atoms with E-state index in [9.17, 15) is 9.18 Å². The molecule has 0 atom stereocenters. The fourth-order valence-electron chi connectivity index (χ4n) is 3.33. The summed E-state index contributed by atoms with van der Waals surface area (Å²) in [5.41, 5.74) is 2.30. The SMILES string of the molecule is Cc1bc2c(F)cc(NC(=O)c3ccc(N4CCN(C)CC4)nc3)cn2c1. The molecule has 27 heavy (non-hydrogen) atoms. The number of hydrogen-bond donors (Lipinski definition) is 1. The van der Waals surface area contributed by atoms with Crippen molar-refractivity contribution in [3.8, 4) is 0 Å². The molecule has 0 saturated carbocycles. The van der Waals surface area contributed by atoms with E-state index >= 15 is 0 Å². The van der Waals surface area contributed by atoms with Crippen LogP contribution in [-0.4, -0.2) is 60.3 Å². The molecule has 1 aliphatic heterocycles. The van der Waals surface area contributed by atoms with E-state index < -0.39 is 0 Å². The van der Waals surface area contributed by atoms with Crippen molar-refractivity contribution in [3.05, 3.63) is 53.6 Å². The van der Waals surface area contributed by atoms with Crippen LogP contribution in [0.2, 0.25) is 0 Å². The Balaban J connectivity index is 1.48. The second-order valence-corrected chi connectivity index (χ2v) is 7.04. The average molecular weight is 365 g/mol. The van der Waals surface area contributed by atoms with Gasteiger partial charge in [0.15, 0.2) is 0 Å². The number of fused-ring (bicyclic) bond motifs is 1. The molecular formula is C19H21BFN5O. The van der Waals surface area contributed by atoms with Crippen LogP contribution in [0, 0.1) is 12.7 Å². The Morgan fingerprint density at radius 1 is 1.22 bits per heavy atom. The van der Waals surface area contributed by atoms with E-state index in [4.69, 9.17) is 0 Å². The molecular weight excluding hydrogens is 344 g/mol. The first-order chi connectivity index (χ1) is 13.0. The summed E-state index contributed by atoms with van der Waals surface area (Å²) in [7, 11) is 2.10. The van der Waals surface area contributed by atoms with E-state index in [0.29, 0.717) is 16.7 Å². The van der Waals surface area contributed by atoms with Gasteiger partial charge in [-0.1, -0.05) is 0 Å². The van der Waals surface area contributed by atoms with Gasteiger partial charge in [0, 0.05) is 13.1 Å². The van der Waals surface area contributed by atoms with Crippen molar-refractivity contribution in [2.75, 3.05) is 43.4 Å². The summed E-state index contributed by atoms with van der Waals surface area (Å²) >= 11 is 0. The first-order valence-corrected chi connectivity index (χ1v) is 8.98. The van der Waals surface area contributed by atoms with Crippen molar-refractivity contribution in [2.45, 2.75) is 6.92 Å². The van der Waals surface area contributed by atoms with Crippen molar-refractivity contribution in [1.29, 1.82) is 0 Å². The summed E-state index contributed by atoms with van der Waals surface area (Å²) < 4.78 is 15.9. The Morgan fingerprint density at radius 3 is 2.70 bits per heavy atom. The van der Waals surface area contributed by atoms with Gasteiger partial charge in [-0.2, -0.15) is 0 Å². The van der Waals surface area contributed by atoms with Crippen LogP contribution in [0.1, 0.15) is 15.8 Å². The van der Waals surface area contributed by atoms with Crippen LogP contribution >= 0.6 is 0 Å². The minimum atomic E-state index is -0.371. The van der Waals surface area contributed by atoms with E-state index in [0.717, 1.165) is 37.5 Å². The number of hydrogen-bond acceptors (Lipinski definition) is 4. The van der Waals surface area contributed by atoms with Gasteiger partial charge in [0.2, 0.25) is 0 Å². The van der Waals surface area contributed by atoms with Crippen LogP contribution in [-0.2, 0) is 0 Å².